The van der Waals surface area contributed by atoms with Crippen LogP contribution in [0.5, 0.6) is 0 Å². The van der Waals surface area contributed by atoms with Crippen molar-refractivity contribution in [3.8, 4) is 0 Å². The van der Waals surface area contributed by atoms with E-state index in [1.54, 1.807) is 41.3 Å². The Kier molecular flexibility index (Phi) is 4.16. The van der Waals surface area contributed by atoms with Gasteiger partial charge in [0.15, 0.2) is 0 Å². The highest BCUT2D eigenvalue weighted by Gasteiger charge is 2.42. The third-order valence-electron chi connectivity index (χ3n) is 4.85. The molecule has 3 amide bonds. The van der Waals surface area contributed by atoms with E-state index in [9.17, 15) is 14.4 Å². The molecule has 0 aromatic heterocycles. The minimum atomic E-state index is -0.487. The van der Waals surface area contributed by atoms with Crippen molar-refractivity contribution in [2.75, 3.05) is 23.3 Å². The maximum Gasteiger partial charge on any atom is 0.256 e. The van der Waals surface area contributed by atoms with Crippen LogP contribution in [0.15, 0.2) is 54.6 Å². The van der Waals surface area contributed by atoms with E-state index in [2.05, 4.69) is 5.32 Å². The van der Waals surface area contributed by atoms with Crippen LogP contribution in [0.2, 0.25) is 0 Å². The minimum absolute atomic E-state index is 0.123. The second-order valence-electron chi connectivity index (χ2n) is 6.51. The van der Waals surface area contributed by atoms with Crippen molar-refractivity contribution < 1.29 is 14.4 Å². The first-order valence-corrected chi connectivity index (χ1v) is 8.71. The van der Waals surface area contributed by atoms with Crippen LogP contribution in [0.25, 0.3) is 0 Å². The van der Waals surface area contributed by atoms with Crippen LogP contribution >= 0.6 is 0 Å². The van der Waals surface area contributed by atoms with E-state index in [4.69, 9.17) is 0 Å². The van der Waals surface area contributed by atoms with Gasteiger partial charge in [0.05, 0.1) is 11.3 Å². The zero-order valence-corrected chi connectivity index (χ0v) is 14.2. The first-order chi connectivity index (χ1) is 12.6. The number of para-hydroxylation sites is 2. The van der Waals surface area contributed by atoms with Gasteiger partial charge in [-0.2, -0.15) is 0 Å². The van der Waals surface area contributed by atoms with Crippen molar-refractivity contribution in [3.05, 3.63) is 60.2 Å². The molecule has 2 heterocycles. The fourth-order valence-corrected chi connectivity index (χ4v) is 3.64. The lowest BCUT2D eigenvalue weighted by Crippen LogP contribution is -2.47. The van der Waals surface area contributed by atoms with Crippen molar-refractivity contribution >= 4 is 29.1 Å². The normalized spacial score (nSPS) is 19.0. The van der Waals surface area contributed by atoms with Crippen LogP contribution in [0.1, 0.15) is 23.2 Å². The van der Waals surface area contributed by atoms with E-state index in [-0.39, 0.29) is 24.3 Å². The summed E-state index contributed by atoms with van der Waals surface area (Å²) in [5.74, 6) is -0.621. The van der Waals surface area contributed by atoms with Crippen LogP contribution < -0.4 is 10.2 Å². The number of hydrogen-bond donors (Lipinski definition) is 1. The van der Waals surface area contributed by atoms with E-state index < -0.39 is 6.04 Å². The summed E-state index contributed by atoms with van der Waals surface area (Å²) >= 11 is 0. The molecule has 0 bridgehead atoms. The molecule has 132 valence electrons. The fourth-order valence-electron chi connectivity index (χ4n) is 3.64. The van der Waals surface area contributed by atoms with Gasteiger partial charge in [-0.25, -0.2) is 0 Å². The summed E-state index contributed by atoms with van der Waals surface area (Å²) in [4.78, 5) is 41.5. The predicted molar refractivity (Wildman–Crippen MR) is 97.9 cm³/mol. The molecule has 6 nitrogen and oxygen atoms in total. The Morgan fingerprint density at radius 1 is 1.04 bits per heavy atom. The molecule has 0 radical (unpaired) electrons. The Morgan fingerprint density at radius 2 is 1.77 bits per heavy atom. The molecule has 0 unspecified atom stereocenters. The molecule has 2 aromatic carbocycles. The second-order valence-corrected chi connectivity index (χ2v) is 6.51. The van der Waals surface area contributed by atoms with Gasteiger partial charge in [-0.1, -0.05) is 30.3 Å². The van der Waals surface area contributed by atoms with Gasteiger partial charge in [0, 0.05) is 12.2 Å². The average molecular weight is 349 g/mol. The topological polar surface area (TPSA) is 69.7 Å². The van der Waals surface area contributed by atoms with Crippen LogP contribution in [0, 0.1) is 0 Å². The van der Waals surface area contributed by atoms with Gasteiger partial charge < -0.3 is 15.1 Å². The molecule has 0 spiro atoms. The quantitative estimate of drug-likeness (QED) is 0.924. The van der Waals surface area contributed by atoms with Crippen LogP contribution in [0.4, 0.5) is 11.4 Å². The molecular formula is C20H19N3O3. The van der Waals surface area contributed by atoms with Crippen molar-refractivity contribution in [1.82, 2.24) is 4.90 Å². The highest BCUT2D eigenvalue weighted by atomic mass is 16.2. The second kappa shape index (κ2) is 6.63. The number of nitrogens with zero attached hydrogens (tertiary/aromatic N) is 2. The van der Waals surface area contributed by atoms with E-state index in [1.807, 2.05) is 18.2 Å². The highest BCUT2D eigenvalue weighted by molar-refractivity contribution is 6.13. The summed E-state index contributed by atoms with van der Waals surface area (Å²) in [6.07, 6.45) is 1.43. The lowest BCUT2D eigenvalue weighted by Gasteiger charge is -2.25. The average Bonchev–Trinajstić information content (AvgIpc) is 3.13. The number of benzene rings is 2. The summed E-state index contributed by atoms with van der Waals surface area (Å²) in [7, 11) is 0. The first kappa shape index (κ1) is 16.3. The summed E-state index contributed by atoms with van der Waals surface area (Å²) in [6.45, 7) is 0.454. The van der Waals surface area contributed by atoms with Crippen molar-refractivity contribution in [1.29, 1.82) is 0 Å². The Morgan fingerprint density at radius 3 is 2.58 bits per heavy atom. The summed E-state index contributed by atoms with van der Waals surface area (Å²) in [5, 5.41) is 2.80. The molecule has 0 saturated carbocycles. The number of anilines is 2. The lowest BCUT2D eigenvalue weighted by molar-refractivity contribution is -0.124. The summed E-state index contributed by atoms with van der Waals surface area (Å²) in [5.41, 5.74) is 1.64. The Bertz CT molecular complexity index is 866. The SMILES string of the molecule is O=C(CN1C(=O)[C@@H]2CCCN2C(=O)c2ccccc21)Nc1ccccc1. The van der Waals surface area contributed by atoms with E-state index >= 15 is 0 Å². The van der Waals surface area contributed by atoms with Gasteiger partial charge in [0.25, 0.3) is 5.91 Å². The van der Waals surface area contributed by atoms with Crippen LogP contribution in [-0.2, 0) is 9.59 Å². The van der Waals surface area contributed by atoms with Crippen molar-refractivity contribution in [2.24, 2.45) is 0 Å². The third kappa shape index (κ3) is 2.83. The Hall–Kier alpha value is -3.15. The largest absolute Gasteiger partial charge is 0.327 e. The summed E-state index contributed by atoms with van der Waals surface area (Å²) in [6, 6.07) is 15.6. The number of rotatable bonds is 3. The van der Waals surface area contributed by atoms with Gasteiger partial charge in [-0.05, 0) is 37.1 Å². The molecule has 4 rings (SSSR count). The van der Waals surface area contributed by atoms with Gasteiger partial charge in [-0.3, -0.25) is 14.4 Å². The number of amides is 3. The molecule has 2 aliphatic heterocycles. The van der Waals surface area contributed by atoms with E-state index in [1.165, 1.54) is 4.90 Å². The zero-order chi connectivity index (χ0) is 18.1. The predicted octanol–water partition coefficient (Wildman–Crippen LogP) is 2.28. The number of fused-ring (bicyclic) bond motifs is 2. The third-order valence-corrected chi connectivity index (χ3v) is 4.85. The smallest absolute Gasteiger partial charge is 0.256 e. The first-order valence-electron chi connectivity index (χ1n) is 8.71. The molecule has 2 aromatic rings. The molecule has 6 heteroatoms. The monoisotopic (exact) mass is 349 g/mol. The highest BCUT2D eigenvalue weighted by Crippen LogP contribution is 2.32. The molecule has 1 N–H and O–H groups in total. The lowest BCUT2D eigenvalue weighted by atomic mass is 10.1. The molecule has 26 heavy (non-hydrogen) atoms. The van der Waals surface area contributed by atoms with E-state index in [0.29, 0.717) is 29.9 Å². The zero-order valence-electron chi connectivity index (χ0n) is 14.2. The number of nitrogens with one attached hydrogen (secondary N) is 1. The number of hydrogen-bond acceptors (Lipinski definition) is 3. The molecule has 1 saturated heterocycles. The number of carbonyl (C=O) groups excluding carboxylic acids is 3. The molecule has 1 fully saturated rings. The molecule has 0 aliphatic carbocycles. The van der Waals surface area contributed by atoms with Gasteiger partial charge in [-0.15, -0.1) is 0 Å². The fraction of sp³-hybridized carbons (Fsp3) is 0.250. The molecule has 2 aliphatic rings. The Balaban J connectivity index is 1.65. The molecular weight excluding hydrogens is 330 g/mol. The maximum atomic E-state index is 13.1. The van der Waals surface area contributed by atoms with E-state index in [0.717, 1.165) is 6.42 Å². The van der Waals surface area contributed by atoms with Crippen LogP contribution in [-0.4, -0.2) is 41.8 Å². The Labute approximate surface area is 151 Å². The van der Waals surface area contributed by atoms with Gasteiger partial charge in [0.2, 0.25) is 11.8 Å². The van der Waals surface area contributed by atoms with Crippen molar-refractivity contribution in [3.63, 3.8) is 0 Å². The number of carbonyl (C=O) groups is 3. The minimum Gasteiger partial charge on any atom is -0.327 e. The van der Waals surface area contributed by atoms with Gasteiger partial charge >= 0.3 is 0 Å². The van der Waals surface area contributed by atoms with Crippen LogP contribution in [0.3, 0.4) is 0 Å². The van der Waals surface area contributed by atoms with Crippen molar-refractivity contribution in [2.45, 2.75) is 18.9 Å². The standard InChI is InChI=1S/C20H19N3O3/c24-18(21-14-7-2-1-3-8-14)13-23-16-10-5-4-9-15(16)19(25)22-12-6-11-17(22)20(23)26/h1-5,7-10,17H,6,11-13H2,(H,21,24)/t17-/m0/s1. The maximum absolute atomic E-state index is 13.1. The van der Waals surface area contributed by atoms with Gasteiger partial charge in [0.1, 0.15) is 12.6 Å². The summed E-state index contributed by atoms with van der Waals surface area (Å²) < 4.78 is 0. The molecule has 1 atom stereocenters.